The van der Waals surface area contributed by atoms with E-state index in [2.05, 4.69) is 5.32 Å². The van der Waals surface area contributed by atoms with Crippen LogP contribution in [0.1, 0.15) is 29.8 Å². The van der Waals surface area contributed by atoms with Crippen LogP contribution in [0.5, 0.6) is 0 Å². The molecule has 6 heteroatoms. The maximum atomic E-state index is 12.5. The molecule has 0 aliphatic rings. The largest absolute Gasteiger partial charge is 0.335 e. The van der Waals surface area contributed by atoms with Crippen molar-refractivity contribution in [2.75, 3.05) is 18.5 Å². The first-order valence-corrected chi connectivity index (χ1v) is 9.62. The third kappa shape index (κ3) is 5.31. The molecular weight excluding hydrogens is 325 g/mol. The zero-order valence-electron chi connectivity index (χ0n) is 13.9. The minimum atomic E-state index is -3.14. The quantitative estimate of drug-likeness (QED) is 0.703. The summed E-state index contributed by atoms with van der Waals surface area (Å²) in [7, 11) is -3.14. The second kappa shape index (κ2) is 8.78. The second-order valence-electron chi connectivity index (χ2n) is 5.12. The molecule has 0 aliphatic heterocycles. The Morgan fingerprint density at radius 1 is 0.958 bits per heavy atom. The number of anilines is 1. The first-order valence-electron chi connectivity index (χ1n) is 7.90. The Morgan fingerprint density at radius 2 is 1.54 bits per heavy atom. The number of nitrogens with one attached hydrogen (secondary N) is 1. The fourth-order valence-corrected chi connectivity index (χ4v) is 3.93. The molecule has 0 bridgehead atoms. The Labute approximate surface area is 142 Å². The van der Waals surface area contributed by atoms with E-state index in [1.807, 2.05) is 30.3 Å². The molecule has 1 amide bonds. The van der Waals surface area contributed by atoms with E-state index < -0.39 is 7.60 Å². The molecule has 2 aromatic carbocycles. The summed E-state index contributed by atoms with van der Waals surface area (Å²) < 4.78 is 23.1. The van der Waals surface area contributed by atoms with E-state index in [1.165, 1.54) is 0 Å². The molecule has 128 valence electrons. The highest BCUT2D eigenvalue weighted by atomic mass is 31.2. The minimum Gasteiger partial charge on any atom is -0.322 e. The van der Waals surface area contributed by atoms with Gasteiger partial charge in [-0.1, -0.05) is 30.3 Å². The number of hydrogen-bond acceptors (Lipinski definition) is 4. The molecule has 2 rings (SSSR count). The van der Waals surface area contributed by atoms with Crippen LogP contribution in [0.2, 0.25) is 0 Å². The summed E-state index contributed by atoms with van der Waals surface area (Å²) in [5.74, 6) is -0.189. The second-order valence-corrected chi connectivity index (χ2v) is 7.18. The Bertz CT molecular complexity index is 691. The lowest BCUT2D eigenvalue weighted by Gasteiger charge is -2.17. The average Bonchev–Trinajstić information content (AvgIpc) is 2.56. The van der Waals surface area contributed by atoms with Gasteiger partial charge in [-0.25, -0.2) is 0 Å². The normalized spacial score (nSPS) is 11.2. The lowest BCUT2D eigenvalue weighted by molar-refractivity contribution is 0.102. The van der Waals surface area contributed by atoms with Crippen molar-refractivity contribution in [2.45, 2.75) is 20.0 Å². The highest BCUT2D eigenvalue weighted by Gasteiger charge is 2.24. The van der Waals surface area contributed by atoms with Crippen LogP contribution in [-0.4, -0.2) is 19.1 Å². The molecule has 0 spiro atoms. The van der Waals surface area contributed by atoms with Crippen molar-refractivity contribution in [1.82, 2.24) is 0 Å². The summed E-state index contributed by atoms with van der Waals surface area (Å²) in [6.07, 6.45) is 0.190. The molecule has 0 fully saturated rings. The number of amides is 1. The molecule has 0 radical (unpaired) electrons. The molecule has 1 N–H and O–H groups in total. The summed E-state index contributed by atoms with van der Waals surface area (Å²) >= 11 is 0. The first-order chi connectivity index (χ1) is 11.6. The van der Waals surface area contributed by atoms with Crippen molar-refractivity contribution in [3.8, 4) is 0 Å². The standard InChI is InChI=1S/C18H22NO4P/c1-3-22-24(21,23-4-2)14-15-10-12-16(13-11-15)18(20)19-17-8-6-5-7-9-17/h5-13H,3-4,14H2,1-2H3,(H,19,20). The molecule has 0 heterocycles. The Morgan fingerprint density at radius 3 is 2.08 bits per heavy atom. The molecule has 0 saturated carbocycles. The Hall–Kier alpha value is -1.94. The predicted molar refractivity (Wildman–Crippen MR) is 95.4 cm³/mol. The average molecular weight is 347 g/mol. The van der Waals surface area contributed by atoms with Crippen LogP contribution in [0, 0.1) is 0 Å². The van der Waals surface area contributed by atoms with Gasteiger partial charge in [0.1, 0.15) is 0 Å². The maximum Gasteiger partial charge on any atom is 0.335 e. The van der Waals surface area contributed by atoms with E-state index in [1.54, 1.807) is 38.1 Å². The van der Waals surface area contributed by atoms with Gasteiger partial charge in [0.15, 0.2) is 0 Å². The highest BCUT2D eigenvalue weighted by molar-refractivity contribution is 7.53. The lowest BCUT2D eigenvalue weighted by atomic mass is 10.1. The lowest BCUT2D eigenvalue weighted by Crippen LogP contribution is -2.11. The molecule has 0 aromatic heterocycles. The fourth-order valence-electron chi connectivity index (χ4n) is 2.23. The molecule has 0 aliphatic carbocycles. The molecular formula is C18H22NO4P. The van der Waals surface area contributed by atoms with E-state index >= 15 is 0 Å². The van der Waals surface area contributed by atoms with E-state index in [-0.39, 0.29) is 12.1 Å². The molecule has 5 nitrogen and oxygen atoms in total. The SMILES string of the molecule is CCOP(=O)(Cc1ccc(C(=O)Nc2ccccc2)cc1)OCC. The number of benzene rings is 2. The van der Waals surface area contributed by atoms with Gasteiger partial charge in [-0.15, -0.1) is 0 Å². The van der Waals surface area contributed by atoms with E-state index in [4.69, 9.17) is 9.05 Å². The van der Waals surface area contributed by atoms with Gasteiger partial charge in [-0.05, 0) is 43.7 Å². The van der Waals surface area contributed by atoms with Crippen molar-refractivity contribution in [3.63, 3.8) is 0 Å². The van der Waals surface area contributed by atoms with Crippen molar-refractivity contribution < 1.29 is 18.4 Å². The smallest absolute Gasteiger partial charge is 0.322 e. The van der Waals surface area contributed by atoms with Crippen molar-refractivity contribution in [1.29, 1.82) is 0 Å². The summed E-state index contributed by atoms with van der Waals surface area (Å²) in [4.78, 5) is 12.2. The zero-order valence-corrected chi connectivity index (χ0v) is 14.8. The van der Waals surface area contributed by atoms with Gasteiger partial charge in [0.25, 0.3) is 5.91 Å². The topological polar surface area (TPSA) is 64.6 Å². The fraction of sp³-hybridized carbons (Fsp3) is 0.278. The molecule has 2 aromatic rings. The Balaban J connectivity index is 2.04. The van der Waals surface area contributed by atoms with Crippen LogP contribution in [0.25, 0.3) is 0 Å². The maximum absolute atomic E-state index is 12.5. The monoisotopic (exact) mass is 347 g/mol. The van der Waals surface area contributed by atoms with Crippen LogP contribution >= 0.6 is 7.60 Å². The van der Waals surface area contributed by atoms with Crippen molar-refractivity contribution in [3.05, 3.63) is 65.7 Å². The van der Waals surface area contributed by atoms with Gasteiger partial charge in [0.2, 0.25) is 0 Å². The highest BCUT2D eigenvalue weighted by Crippen LogP contribution is 2.51. The summed E-state index contributed by atoms with van der Waals surface area (Å²) in [5, 5.41) is 2.82. The van der Waals surface area contributed by atoms with Gasteiger partial charge in [-0.3, -0.25) is 9.36 Å². The Kier molecular flexibility index (Phi) is 6.73. The molecule has 0 saturated heterocycles. The summed E-state index contributed by atoms with van der Waals surface area (Å²) in [6, 6.07) is 16.2. The van der Waals surface area contributed by atoms with E-state index in [0.717, 1.165) is 11.3 Å². The molecule has 0 atom stereocenters. The van der Waals surface area contributed by atoms with E-state index in [0.29, 0.717) is 18.8 Å². The summed E-state index contributed by atoms with van der Waals surface area (Å²) in [6.45, 7) is 4.22. The van der Waals surface area contributed by atoms with Crippen molar-refractivity contribution >= 4 is 19.2 Å². The van der Waals surface area contributed by atoms with Crippen LogP contribution in [-0.2, 0) is 19.8 Å². The van der Waals surface area contributed by atoms with Crippen LogP contribution in [0.15, 0.2) is 54.6 Å². The van der Waals surface area contributed by atoms with Gasteiger partial charge in [0, 0.05) is 11.3 Å². The third-order valence-electron chi connectivity index (χ3n) is 3.28. The number of para-hydroxylation sites is 1. The summed E-state index contributed by atoms with van der Waals surface area (Å²) in [5.41, 5.74) is 2.07. The number of carbonyl (C=O) groups is 1. The van der Waals surface area contributed by atoms with E-state index in [9.17, 15) is 9.36 Å². The number of rotatable bonds is 8. The molecule has 0 unspecified atom stereocenters. The van der Waals surface area contributed by atoms with Gasteiger partial charge < -0.3 is 14.4 Å². The number of carbonyl (C=O) groups excluding carboxylic acids is 1. The van der Waals surface area contributed by atoms with Crippen LogP contribution in [0.4, 0.5) is 5.69 Å². The van der Waals surface area contributed by atoms with Crippen LogP contribution in [0.3, 0.4) is 0 Å². The zero-order chi connectivity index (χ0) is 17.4. The first kappa shape index (κ1) is 18.4. The van der Waals surface area contributed by atoms with Crippen molar-refractivity contribution in [2.24, 2.45) is 0 Å². The third-order valence-corrected chi connectivity index (χ3v) is 5.33. The van der Waals surface area contributed by atoms with Crippen LogP contribution < -0.4 is 5.32 Å². The van der Waals surface area contributed by atoms with Gasteiger partial charge >= 0.3 is 7.60 Å². The predicted octanol–water partition coefficient (Wildman–Crippen LogP) is 4.71. The van der Waals surface area contributed by atoms with Gasteiger partial charge in [0.05, 0.1) is 19.4 Å². The molecule has 24 heavy (non-hydrogen) atoms. The number of hydrogen-bond donors (Lipinski definition) is 1. The minimum absolute atomic E-state index is 0.189. The van der Waals surface area contributed by atoms with Gasteiger partial charge in [-0.2, -0.15) is 0 Å².